The highest BCUT2D eigenvalue weighted by Gasteiger charge is 2.17. The van der Waals surface area contributed by atoms with Crippen LogP contribution in [-0.2, 0) is 4.79 Å². The third kappa shape index (κ3) is 4.42. The number of halogens is 1. The third-order valence-corrected chi connectivity index (χ3v) is 5.71. The number of benzene rings is 2. The number of H-pyrrole nitrogens is 1. The third-order valence-electron chi connectivity index (χ3n) is 4.48. The van der Waals surface area contributed by atoms with Gasteiger partial charge in [0.05, 0.1) is 29.8 Å². The van der Waals surface area contributed by atoms with Crippen LogP contribution in [0.2, 0.25) is 5.02 Å². The number of nitrogens with zero attached hydrogens (tertiary/aromatic N) is 3. The zero-order valence-corrected chi connectivity index (χ0v) is 18.3. The molecule has 0 saturated carbocycles. The lowest BCUT2D eigenvalue weighted by molar-refractivity contribution is -0.113. The summed E-state index contributed by atoms with van der Waals surface area (Å²) in [5.41, 5.74) is 2.29. The number of ether oxygens (including phenoxy) is 1. The average molecular weight is 456 g/mol. The van der Waals surface area contributed by atoms with Gasteiger partial charge >= 0.3 is 0 Å². The molecule has 0 bridgehead atoms. The van der Waals surface area contributed by atoms with E-state index in [0.717, 1.165) is 17.3 Å². The minimum Gasteiger partial charge on any atom is -0.495 e. The van der Waals surface area contributed by atoms with Gasteiger partial charge in [-0.3, -0.25) is 19.3 Å². The smallest absolute Gasteiger partial charge is 0.269 e. The number of nitrogens with one attached hydrogen (secondary N) is 2. The monoisotopic (exact) mass is 455 g/mol. The first kappa shape index (κ1) is 21.0. The van der Waals surface area contributed by atoms with E-state index >= 15 is 0 Å². The molecular weight excluding hydrogens is 438 g/mol. The lowest BCUT2D eigenvalue weighted by atomic mass is 10.2. The number of aromatic amines is 1. The second kappa shape index (κ2) is 8.83. The highest BCUT2D eigenvalue weighted by Crippen LogP contribution is 2.28. The van der Waals surface area contributed by atoms with E-state index in [1.807, 2.05) is 31.2 Å². The Bertz CT molecular complexity index is 1330. The maximum atomic E-state index is 13.1. The van der Waals surface area contributed by atoms with Crippen LogP contribution in [0.5, 0.6) is 5.75 Å². The highest BCUT2D eigenvalue weighted by molar-refractivity contribution is 7.99. The van der Waals surface area contributed by atoms with E-state index in [-0.39, 0.29) is 17.2 Å². The summed E-state index contributed by atoms with van der Waals surface area (Å²) in [7, 11) is 1.51. The molecule has 0 unspecified atom stereocenters. The number of hydrogen-bond donors (Lipinski definition) is 2. The van der Waals surface area contributed by atoms with Crippen molar-refractivity contribution in [1.29, 1.82) is 0 Å². The molecule has 0 fully saturated rings. The van der Waals surface area contributed by atoms with Crippen molar-refractivity contribution < 1.29 is 9.53 Å². The number of methoxy groups -OCH3 is 1. The number of rotatable bonds is 6. The number of aromatic nitrogens is 4. The van der Waals surface area contributed by atoms with Gasteiger partial charge in [0, 0.05) is 5.69 Å². The fourth-order valence-electron chi connectivity index (χ4n) is 3.04. The van der Waals surface area contributed by atoms with Crippen molar-refractivity contribution in [3.63, 3.8) is 0 Å². The van der Waals surface area contributed by atoms with Crippen molar-refractivity contribution in [2.75, 3.05) is 18.2 Å². The molecule has 0 saturated heterocycles. The van der Waals surface area contributed by atoms with Crippen molar-refractivity contribution in [3.8, 4) is 11.4 Å². The lowest BCUT2D eigenvalue weighted by Crippen LogP contribution is -2.22. The maximum absolute atomic E-state index is 13.1. The molecule has 4 aromatic rings. The molecule has 2 heterocycles. The molecule has 0 spiro atoms. The quantitative estimate of drug-likeness (QED) is 0.338. The first-order valence-corrected chi connectivity index (χ1v) is 10.6. The Balaban J connectivity index is 1.66. The molecule has 0 radical (unpaired) electrons. The van der Waals surface area contributed by atoms with Crippen molar-refractivity contribution in [3.05, 3.63) is 69.6 Å². The lowest BCUT2D eigenvalue weighted by Gasteiger charge is -2.13. The zero-order chi connectivity index (χ0) is 22.0. The summed E-state index contributed by atoms with van der Waals surface area (Å²) in [6.45, 7) is 1.95. The predicted molar refractivity (Wildman–Crippen MR) is 122 cm³/mol. The topological polar surface area (TPSA) is 102 Å². The van der Waals surface area contributed by atoms with Gasteiger partial charge in [0.25, 0.3) is 5.56 Å². The van der Waals surface area contributed by atoms with Crippen LogP contribution in [0.15, 0.2) is 58.6 Å². The Morgan fingerprint density at radius 3 is 2.87 bits per heavy atom. The van der Waals surface area contributed by atoms with Gasteiger partial charge < -0.3 is 10.1 Å². The van der Waals surface area contributed by atoms with E-state index in [0.29, 0.717) is 38.3 Å². The number of hydrogen-bond acceptors (Lipinski definition) is 6. The summed E-state index contributed by atoms with van der Waals surface area (Å²) in [6, 6.07) is 12.5. The number of carbonyl (C=O) groups is 1. The van der Waals surface area contributed by atoms with Gasteiger partial charge in [-0.15, -0.1) is 0 Å². The van der Waals surface area contributed by atoms with Gasteiger partial charge in [-0.05, 0) is 42.8 Å². The van der Waals surface area contributed by atoms with Crippen LogP contribution in [0.3, 0.4) is 0 Å². The Hall–Kier alpha value is -3.30. The maximum Gasteiger partial charge on any atom is 0.269 e. The molecule has 8 nitrogen and oxygen atoms in total. The van der Waals surface area contributed by atoms with Crippen molar-refractivity contribution >= 4 is 46.0 Å². The number of aryl methyl sites for hydroxylation is 1. The minimum absolute atomic E-state index is 0.0594. The molecule has 158 valence electrons. The first-order valence-electron chi connectivity index (χ1n) is 9.25. The molecule has 31 heavy (non-hydrogen) atoms. The van der Waals surface area contributed by atoms with E-state index in [1.165, 1.54) is 17.9 Å². The fourth-order valence-corrected chi connectivity index (χ4v) is 4.10. The van der Waals surface area contributed by atoms with Crippen LogP contribution in [0, 0.1) is 6.92 Å². The van der Waals surface area contributed by atoms with Crippen molar-refractivity contribution in [2.45, 2.75) is 12.1 Å². The number of carbonyl (C=O) groups excluding carboxylic acids is 1. The summed E-state index contributed by atoms with van der Waals surface area (Å²) in [5, 5.41) is 10.5. The number of amides is 1. The predicted octanol–water partition coefficient (Wildman–Crippen LogP) is 3.81. The molecule has 4 rings (SSSR count). The zero-order valence-electron chi connectivity index (χ0n) is 16.7. The summed E-state index contributed by atoms with van der Waals surface area (Å²) in [5.74, 6) is 0.334. The van der Waals surface area contributed by atoms with E-state index < -0.39 is 0 Å². The van der Waals surface area contributed by atoms with Crippen molar-refractivity contribution in [2.24, 2.45) is 0 Å². The molecule has 2 N–H and O–H groups in total. The van der Waals surface area contributed by atoms with Gasteiger partial charge in [0.1, 0.15) is 11.1 Å². The largest absolute Gasteiger partial charge is 0.495 e. The molecule has 1 amide bonds. The molecule has 0 aliphatic heterocycles. The van der Waals surface area contributed by atoms with Crippen LogP contribution in [-0.4, -0.2) is 38.5 Å². The molecule has 2 aromatic carbocycles. The molecule has 0 aliphatic carbocycles. The standard InChI is InChI=1S/C21H18ClN5O3S/c1-12-4-3-5-13(8-12)24-18(28)11-31-21-25-19-15(10-23-26-19)20(29)27(21)14-6-7-17(30-2)16(22)9-14/h3-10H,11H2,1-2H3,(H,23,26)(H,24,28). The van der Waals surface area contributed by atoms with Crippen LogP contribution >= 0.6 is 23.4 Å². The van der Waals surface area contributed by atoms with E-state index in [2.05, 4.69) is 20.5 Å². The normalized spacial score (nSPS) is 10.9. The van der Waals surface area contributed by atoms with Gasteiger partial charge in [0.15, 0.2) is 10.8 Å². The summed E-state index contributed by atoms with van der Waals surface area (Å²) < 4.78 is 6.60. The number of thioether (sulfide) groups is 1. The summed E-state index contributed by atoms with van der Waals surface area (Å²) in [6.07, 6.45) is 1.42. The van der Waals surface area contributed by atoms with Crippen LogP contribution in [0.25, 0.3) is 16.7 Å². The molecular formula is C21H18ClN5O3S. The molecule has 0 aliphatic rings. The van der Waals surface area contributed by atoms with E-state index in [9.17, 15) is 9.59 Å². The number of fused-ring (bicyclic) bond motifs is 1. The summed E-state index contributed by atoms with van der Waals surface area (Å²) in [4.78, 5) is 30.1. The van der Waals surface area contributed by atoms with Gasteiger partial charge in [-0.2, -0.15) is 5.10 Å². The van der Waals surface area contributed by atoms with Crippen LogP contribution < -0.4 is 15.6 Å². The number of anilines is 1. The Morgan fingerprint density at radius 2 is 2.13 bits per heavy atom. The Labute approximate surface area is 186 Å². The Morgan fingerprint density at radius 1 is 1.29 bits per heavy atom. The molecule has 2 aromatic heterocycles. The Kier molecular flexibility index (Phi) is 5.97. The first-order chi connectivity index (χ1) is 15.0. The fraction of sp³-hybridized carbons (Fsp3) is 0.143. The van der Waals surface area contributed by atoms with Gasteiger partial charge in [-0.25, -0.2) is 4.98 Å². The minimum atomic E-state index is -0.318. The SMILES string of the molecule is COc1ccc(-n2c(SCC(=O)Nc3cccc(C)c3)nc3[nH]ncc3c2=O)cc1Cl. The van der Waals surface area contributed by atoms with Gasteiger partial charge in [-0.1, -0.05) is 35.5 Å². The second-order valence-electron chi connectivity index (χ2n) is 6.69. The highest BCUT2D eigenvalue weighted by atomic mass is 35.5. The summed E-state index contributed by atoms with van der Waals surface area (Å²) >= 11 is 7.40. The van der Waals surface area contributed by atoms with Crippen LogP contribution in [0.4, 0.5) is 5.69 Å². The van der Waals surface area contributed by atoms with Crippen molar-refractivity contribution in [1.82, 2.24) is 19.7 Å². The second-order valence-corrected chi connectivity index (χ2v) is 8.04. The van der Waals surface area contributed by atoms with E-state index in [1.54, 1.807) is 18.2 Å². The van der Waals surface area contributed by atoms with Gasteiger partial charge in [0.2, 0.25) is 5.91 Å². The molecule has 0 atom stereocenters. The van der Waals surface area contributed by atoms with E-state index in [4.69, 9.17) is 16.3 Å². The molecule has 10 heteroatoms. The van der Waals surface area contributed by atoms with Crippen LogP contribution in [0.1, 0.15) is 5.56 Å². The average Bonchev–Trinajstić information content (AvgIpc) is 3.21.